The molecule has 2 aliphatic heterocycles. The Balaban J connectivity index is 0.00000210. The van der Waals surface area contributed by atoms with Crippen molar-refractivity contribution in [2.24, 2.45) is 11.8 Å². The molecule has 1 N–H and O–H groups in total. The summed E-state index contributed by atoms with van der Waals surface area (Å²) in [6.07, 6.45) is -0.134. The van der Waals surface area contributed by atoms with Gasteiger partial charge in [0.25, 0.3) is 0 Å². The molecular weight excluding hydrogens is 377 g/mol. The molecule has 0 spiro atoms. The van der Waals surface area contributed by atoms with Gasteiger partial charge in [-0.2, -0.15) is 0 Å². The minimum absolute atomic E-state index is 0. The Kier molecular flexibility index (Phi) is 5.77. The Hall–Kier alpha value is -2.05. The third-order valence-corrected chi connectivity index (χ3v) is 5.43. The standard InChI is InChI=1S/C20H19F3N2O.ClH/c21-15-3-1-2-13(6-15)20-17-10-24-9-14(17)11-25(20)19(26)7-12-4-5-16(22)8-18(12)23;/h1-6,8,14,17,20,24H,7,9-11H2;1H/t14-,17-,20+;/m0./s1. The summed E-state index contributed by atoms with van der Waals surface area (Å²) in [4.78, 5) is 14.6. The zero-order chi connectivity index (χ0) is 18.3. The van der Waals surface area contributed by atoms with Gasteiger partial charge in [0.2, 0.25) is 5.91 Å². The van der Waals surface area contributed by atoms with Crippen LogP contribution in [0.15, 0.2) is 42.5 Å². The molecule has 2 aliphatic rings. The van der Waals surface area contributed by atoms with Gasteiger partial charge >= 0.3 is 0 Å². The van der Waals surface area contributed by atoms with Crippen molar-refractivity contribution in [1.82, 2.24) is 10.2 Å². The summed E-state index contributed by atoms with van der Waals surface area (Å²) in [6.45, 7) is 2.13. The molecule has 0 saturated carbocycles. The predicted molar refractivity (Wildman–Crippen MR) is 98.0 cm³/mol. The highest BCUT2D eigenvalue weighted by atomic mass is 35.5. The average Bonchev–Trinajstić information content (AvgIpc) is 3.18. The second-order valence-corrected chi connectivity index (χ2v) is 7.04. The quantitative estimate of drug-likeness (QED) is 0.861. The lowest BCUT2D eigenvalue weighted by Gasteiger charge is -2.28. The number of likely N-dealkylation sites (tertiary alicyclic amines) is 1. The van der Waals surface area contributed by atoms with E-state index < -0.39 is 11.6 Å². The number of fused-ring (bicyclic) bond motifs is 1. The topological polar surface area (TPSA) is 32.3 Å². The number of carbonyl (C=O) groups is 1. The van der Waals surface area contributed by atoms with Gasteiger partial charge in [-0.05, 0) is 35.2 Å². The van der Waals surface area contributed by atoms with E-state index in [1.54, 1.807) is 11.0 Å². The van der Waals surface area contributed by atoms with Gasteiger partial charge in [-0.15, -0.1) is 12.4 Å². The van der Waals surface area contributed by atoms with Gasteiger partial charge in [0.1, 0.15) is 17.5 Å². The molecule has 4 rings (SSSR count). The highest BCUT2D eigenvalue weighted by Crippen LogP contribution is 2.43. The van der Waals surface area contributed by atoms with Crippen LogP contribution in [0.5, 0.6) is 0 Å². The van der Waals surface area contributed by atoms with Gasteiger partial charge in [-0.3, -0.25) is 4.79 Å². The smallest absolute Gasteiger partial charge is 0.227 e. The van der Waals surface area contributed by atoms with Crippen molar-refractivity contribution in [3.63, 3.8) is 0 Å². The zero-order valence-electron chi connectivity index (χ0n) is 14.5. The van der Waals surface area contributed by atoms with Crippen LogP contribution in [0.4, 0.5) is 13.2 Å². The molecule has 7 heteroatoms. The number of benzene rings is 2. The number of amides is 1. The molecule has 2 aromatic rings. The average molecular weight is 397 g/mol. The first-order valence-corrected chi connectivity index (χ1v) is 8.72. The van der Waals surface area contributed by atoms with Crippen molar-refractivity contribution in [2.45, 2.75) is 12.5 Å². The molecule has 2 aromatic carbocycles. The number of nitrogens with zero attached hydrogens (tertiary/aromatic N) is 1. The van der Waals surface area contributed by atoms with E-state index in [9.17, 15) is 18.0 Å². The summed E-state index contributed by atoms with van der Waals surface area (Å²) in [5.74, 6) is -1.45. The summed E-state index contributed by atoms with van der Waals surface area (Å²) < 4.78 is 40.7. The maximum Gasteiger partial charge on any atom is 0.227 e. The number of hydrogen-bond acceptors (Lipinski definition) is 2. The molecule has 2 fully saturated rings. The first kappa shape index (κ1) is 19.7. The van der Waals surface area contributed by atoms with Crippen LogP contribution in [-0.4, -0.2) is 30.4 Å². The summed E-state index contributed by atoms with van der Waals surface area (Å²) in [7, 11) is 0. The molecule has 1 amide bonds. The van der Waals surface area contributed by atoms with Crippen LogP contribution in [0.25, 0.3) is 0 Å². The summed E-state index contributed by atoms with van der Waals surface area (Å²) in [6, 6.07) is 9.32. The minimum Gasteiger partial charge on any atom is -0.335 e. The van der Waals surface area contributed by atoms with Crippen molar-refractivity contribution >= 4 is 18.3 Å². The normalized spacial score (nSPS) is 23.8. The SMILES string of the molecule is Cl.O=C(Cc1ccc(F)cc1F)N1C[C@@H]2CNC[C@@H]2[C@H]1c1cccc(F)c1. The fourth-order valence-electron chi connectivity index (χ4n) is 4.22. The maximum absolute atomic E-state index is 13.9. The zero-order valence-corrected chi connectivity index (χ0v) is 15.3. The summed E-state index contributed by atoms with van der Waals surface area (Å²) in [5.41, 5.74) is 0.929. The number of halogens is 4. The Morgan fingerprint density at radius 1 is 1.07 bits per heavy atom. The van der Waals surface area contributed by atoms with Gasteiger partial charge in [0.05, 0.1) is 12.5 Å². The summed E-state index contributed by atoms with van der Waals surface area (Å²) in [5, 5.41) is 3.33. The van der Waals surface area contributed by atoms with Crippen molar-refractivity contribution < 1.29 is 18.0 Å². The second kappa shape index (κ2) is 7.90. The number of carbonyl (C=O) groups excluding carboxylic acids is 1. The number of hydrogen-bond donors (Lipinski definition) is 1. The molecule has 2 saturated heterocycles. The van der Waals surface area contributed by atoms with Crippen molar-refractivity contribution in [3.05, 3.63) is 71.0 Å². The molecule has 0 bridgehead atoms. The van der Waals surface area contributed by atoms with Gasteiger partial charge in [-0.1, -0.05) is 18.2 Å². The van der Waals surface area contributed by atoms with E-state index in [4.69, 9.17) is 0 Å². The molecule has 0 radical (unpaired) electrons. The lowest BCUT2D eigenvalue weighted by Crippen LogP contribution is -2.35. The third kappa shape index (κ3) is 3.82. The molecule has 3 nitrogen and oxygen atoms in total. The lowest BCUT2D eigenvalue weighted by atomic mass is 9.89. The molecule has 144 valence electrons. The van der Waals surface area contributed by atoms with E-state index in [1.807, 2.05) is 6.07 Å². The van der Waals surface area contributed by atoms with E-state index in [-0.39, 0.29) is 48.1 Å². The Morgan fingerprint density at radius 2 is 1.85 bits per heavy atom. The monoisotopic (exact) mass is 396 g/mol. The first-order valence-electron chi connectivity index (χ1n) is 8.72. The second-order valence-electron chi connectivity index (χ2n) is 7.04. The van der Waals surface area contributed by atoms with Crippen LogP contribution < -0.4 is 5.32 Å². The van der Waals surface area contributed by atoms with Gasteiger partial charge in [-0.25, -0.2) is 13.2 Å². The van der Waals surface area contributed by atoms with Crippen LogP contribution >= 0.6 is 12.4 Å². The van der Waals surface area contributed by atoms with Crippen molar-refractivity contribution in [1.29, 1.82) is 0 Å². The largest absolute Gasteiger partial charge is 0.335 e. The number of nitrogens with one attached hydrogen (secondary N) is 1. The minimum atomic E-state index is -0.721. The lowest BCUT2D eigenvalue weighted by molar-refractivity contribution is -0.132. The first-order chi connectivity index (χ1) is 12.5. The molecule has 0 aromatic heterocycles. The Labute approximate surface area is 162 Å². The maximum atomic E-state index is 13.9. The van der Waals surface area contributed by atoms with Gasteiger partial charge < -0.3 is 10.2 Å². The highest BCUT2D eigenvalue weighted by molar-refractivity contribution is 5.85. The molecule has 3 atom stereocenters. The molecule has 27 heavy (non-hydrogen) atoms. The summed E-state index contributed by atoms with van der Waals surface area (Å²) >= 11 is 0. The van der Waals surface area contributed by atoms with E-state index in [1.165, 1.54) is 18.2 Å². The van der Waals surface area contributed by atoms with Crippen molar-refractivity contribution in [3.8, 4) is 0 Å². The van der Waals surface area contributed by atoms with E-state index in [0.29, 0.717) is 12.5 Å². The molecule has 0 unspecified atom stereocenters. The van der Waals surface area contributed by atoms with Crippen LogP contribution in [0, 0.1) is 29.3 Å². The highest BCUT2D eigenvalue weighted by Gasteiger charge is 2.46. The van der Waals surface area contributed by atoms with Gasteiger partial charge in [0, 0.05) is 31.6 Å². The van der Waals surface area contributed by atoms with E-state index in [0.717, 1.165) is 30.8 Å². The van der Waals surface area contributed by atoms with Crippen LogP contribution in [0.1, 0.15) is 17.2 Å². The Morgan fingerprint density at radius 3 is 2.59 bits per heavy atom. The van der Waals surface area contributed by atoms with E-state index in [2.05, 4.69) is 5.32 Å². The molecular formula is C20H20ClF3N2O. The third-order valence-electron chi connectivity index (χ3n) is 5.43. The molecule has 2 heterocycles. The fourth-order valence-corrected chi connectivity index (χ4v) is 4.22. The Bertz CT molecular complexity index is 848. The predicted octanol–water partition coefficient (Wildman–Crippen LogP) is 3.49. The van der Waals surface area contributed by atoms with Crippen LogP contribution in [0.3, 0.4) is 0 Å². The van der Waals surface area contributed by atoms with Crippen LogP contribution in [0.2, 0.25) is 0 Å². The fraction of sp³-hybridized carbons (Fsp3) is 0.350. The number of rotatable bonds is 3. The van der Waals surface area contributed by atoms with Crippen molar-refractivity contribution in [2.75, 3.05) is 19.6 Å². The molecule has 0 aliphatic carbocycles. The van der Waals surface area contributed by atoms with Crippen LogP contribution in [-0.2, 0) is 11.2 Å². The van der Waals surface area contributed by atoms with E-state index >= 15 is 0 Å². The van der Waals surface area contributed by atoms with Gasteiger partial charge in [0.15, 0.2) is 0 Å².